The number of hydrogen-bond acceptors (Lipinski definition) is 6. The van der Waals surface area contributed by atoms with Crippen molar-refractivity contribution in [1.29, 1.82) is 0 Å². The highest BCUT2D eigenvalue weighted by molar-refractivity contribution is 7.92. The molecule has 8 heteroatoms. The van der Waals surface area contributed by atoms with Gasteiger partial charge < -0.3 is 9.42 Å². The molecule has 1 aliphatic carbocycles. The molecule has 1 aromatic heterocycles. The van der Waals surface area contributed by atoms with E-state index in [0.717, 1.165) is 37.1 Å². The van der Waals surface area contributed by atoms with Gasteiger partial charge in [-0.2, -0.15) is 4.98 Å². The Bertz CT molecular complexity index is 962. The number of carbonyl (C=O) groups is 1. The zero-order chi connectivity index (χ0) is 19.9. The minimum Gasteiger partial charge on any atom is -0.337 e. The highest BCUT2D eigenvalue weighted by Crippen LogP contribution is 2.39. The molecule has 1 amide bonds. The maximum Gasteiger partial charge on any atom is 0.249 e. The minimum absolute atomic E-state index is 0.00635. The monoisotopic (exact) mass is 403 g/mol. The summed E-state index contributed by atoms with van der Waals surface area (Å²) < 4.78 is 29.9. The molecule has 2 aromatic rings. The van der Waals surface area contributed by atoms with Crippen LogP contribution in [0.4, 0.5) is 0 Å². The molecule has 0 spiro atoms. The Balaban J connectivity index is 1.45. The first-order valence-corrected chi connectivity index (χ1v) is 11.4. The van der Waals surface area contributed by atoms with E-state index in [1.54, 1.807) is 38.1 Å². The van der Waals surface area contributed by atoms with Crippen LogP contribution in [0.15, 0.2) is 33.7 Å². The average Bonchev–Trinajstić information content (AvgIpc) is 3.19. The van der Waals surface area contributed by atoms with Gasteiger partial charge in [-0.1, -0.05) is 17.3 Å². The molecule has 28 heavy (non-hydrogen) atoms. The van der Waals surface area contributed by atoms with E-state index in [-0.39, 0.29) is 23.3 Å². The summed E-state index contributed by atoms with van der Waals surface area (Å²) in [6, 6.07) is 6.44. The Labute approximate surface area is 165 Å². The second-order valence-corrected chi connectivity index (χ2v) is 10.4. The third kappa shape index (κ3) is 3.70. The predicted molar refractivity (Wildman–Crippen MR) is 102 cm³/mol. The van der Waals surface area contributed by atoms with E-state index in [9.17, 15) is 13.2 Å². The molecule has 7 nitrogen and oxygen atoms in total. The van der Waals surface area contributed by atoms with Crippen molar-refractivity contribution in [1.82, 2.24) is 15.0 Å². The molecule has 4 rings (SSSR count). The van der Waals surface area contributed by atoms with E-state index < -0.39 is 15.1 Å². The molecule has 1 aromatic carbocycles. The fraction of sp³-hybridized carbons (Fsp3) is 0.550. The Kier molecular flexibility index (Phi) is 4.99. The van der Waals surface area contributed by atoms with Crippen LogP contribution in [0, 0.1) is 0 Å². The van der Waals surface area contributed by atoms with Crippen LogP contribution in [0.25, 0.3) is 0 Å². The first-order chi connectivity index (χ1) is 13.4. The van der Waals surface area contributed by atoms with Crippen molar-refractivity contribution in [2.75, 3.05) is 6.54 Å². The Morgan fingerprint density at radius 1 is 1.21 bits per heavy atom. The maximum absolute atomic E-state index is 12.9. The van der Waals surface area contributed by atoms with Gasteiger partial charge in [0.05, 0.1) is 16.6 Å². The van der Waals surface area contributed by atoms with Crippen LogP contribution in [0.2, 0.25) is 0 Å². The number of aromatic nitrogens is 2. The fourth-order valence-electron chi connectivity index (χ4n) is 3.56. The quantitative estimate of drug-likeness (QED) is 0.736. The SMILES string of the molecule is CC(C)S(=O)(=O)c1ccc(CC(=O)N2CCCC2c2nc(C3CC3)no2)cc1. The number of benzene rings is 1. The van der Waals surface area contributed by atoms with Crippen molar-refractivity contribution in [3.05, 3.63) is 41.5 Å². The van der Waals surface area contributed by atoms with Gasteiger partial charge in [-0.25, -0.2) is 8.42 Å². The van der Waals surface area contributed by atoms with E-state index in [0.29, 0.717) is 18.4 Å². The third-order valence-corrected chi connectivity index (χ3v) is 7.66. The summed E-state index contributed by atoms with van der Waals surface area (Å²) in [4.78, 5) is 19.5. The number of carbonyl (C=O) groups excluding carboxylic acids is 1. The van der Waals surface area contributed by atoms with Crippen LogP contribution in [0.5, 0.6) is 0 Å². The van der Waals surface area contributed by atoms with Crippen LogP contribution in [0.1, 0.15) is 68.8 Å². The highest BCUT2D eigenvalue weighted by Gasteiger charge is 2.36. The number of hydrogen-bond donors (Lipinski definition) is 0. The largest absolute Gasteiger partial charge is 0.337 e. The van der Waals surface area contributed by atoms with Gasteiger partial charge >= 0.3 is 0 Å². The molecule has 1 unspecified atom stereocenters. The van der Waals surface area contributed by atoms with E-state index in [1.165, 1.54) is 0 Å². The number of nitrogens with zero attached hydrogens (tertiary/aromatic N) is 3. The predicted octanol–water partition coefficient (Wildman–Crippen LogP) is 3.04. The highest BCUT2D eigenvalue weighted by atomic mass is 32.2. The molecular formula is C20H25N3O4S. The Hall–Kier alpha value is -2.22. The molecule has 1 aliphatic heterocycles. The summed E-state index contributed by atoms with van der Waals surface area (Å²) in [6.45, 7) is 3.99. The third-order valence-electron chi connectivity index (χ3n) is 5.49. The topological polar surface area (TPSA) is 93.4 Å². The van der Waals surface area contributed by atoms with Crippen molar-refractivity contribution in [2.24, 2.45) is 0 Å². The fourth-order valence-corrected chi connectivity index (χ4v) is 4.62. The maximum atomic E-state index is 12.9. The van der Waals surface area contributed by atoms with Gasteiger partial charge in [0.2, 0.25) is 11.8 Å². The summed E-state index contributed by atoms with van der Waals surface area (Å²) >= 11 is 0. The van der Waals surface area contributed by atoms with Gasteiger partial charge in [0, 0.05) is 12.5 Å². The van der Waals surface area contributed by atoms with E-state index in [4.69, 9.17) is 4.52 Å². The average molecular weight is 404 g/mol. The molecular weight excluding hydrogens is 378 g/mol. The van der Waals surface area contributed by atoms with Gasteiger partial charge in [-0.15, -0.1) is 0 Å². The number of sulfone groups is 1. The lowest BCUT2D eigenvalue weighted by molar-refractivity contribution is -0.131. The standard InChI is InChI=1S/C20H25N3O4S/c1-13(2)28(25,26)16-9-5-14(6-10-16)12-18(24)23-11-3-4-17(23)20-21-19(22-27-20)15-7-8-15/h5-6,9-10,13,15,17H,3-4,7-8,11-12H2,1-2H3. The van der Waals surface area contributed by atoms with Crippen molar-refractivity contribution in [3.8, 4) is 0 Å². The van der Waals surface area contributed by atoms with Gasteiger partial charge in [-0.3, -0.25) is 4.79 Å². The second kappa shape index (κ2) is 7.31. The molecule has 0 N–H and O–H groups in total. The molecule has 2 aliphatic rings. The van der Waals surface area contributed by atoms with Crippen molar-refractivity contribution < 1.29 is 17.7 Å². The first kappa shape index (κ1) is 19.1. The zero-order valence-electron chi connectivity index (χ0n) is 16.2. The summed E-state index contributed by atoms with van der Waals surface area (Å²) in [5.41, 5.74) is 0.794. The first-order valence-electron chi connectivity index (χ1n) is 9.82. The lowest BCUT2D eigenvalue weighted by atomic mass is 10.1. The lowest BCUT2D eigenvalue weighted by Crippen LogP contribution is -2.32. The van der Waals surface area contributed by atoms with Gasteiger partial charge in [-0.05, 0) is 57.2 Å². The van der Waals surface area contributed by atoms with Crippen molar-refractivity contribution >= 4 is 15.7 Å². The van der Waals surface area contributed by atoms with Gasteiger partial charge in [0.1, 0.15) is 6.04 Å². The van der Waals surface area contributed by atoms with Crippen LogP contribution >= 0.6 is 0 Å². The molecule has 0 bridgehead atoms. The molecule has 1 atom stereocenters. The van der Waals surface area contributed by atoms with E-state index in [1.807, 2.05) is 4.90 Å². The molecule has 150 valence electrons. The van der Waals surface area contributed by atoms with Gasteiger partial charge in [0.15, 0.2) is 15.7 Å². The smallest absolute Gasteiger partial charge is 0.249 e. The Morgan fingerprint density at radius 3 is 2.57 bits per heavy atom. The summed E-state index contributed by atoms with van der Waals surface area (Å²) in [5, 5.41) is 3.59. The van der Waals surface area contributed by atoms with Crippen LogP contribution in [-0.2, 0) is 21.1 Å². The minimum atomic E-state index is -3.31. The Morgan fingerprint density at radius 2 is 1.93 bits per heavy atom. The molecule has 2 heterocycles. The molecule has 2 fully saturated rings. The normalized spacial score (nSPS) is 20.1. The summed E-state index contributed by atoms with van der Waals surface area (Å²) in [5.74, 6) is 1.71. The van der Waals surface area contributed by atoms with Crippen LogP contribution in [-0.4, -0.2) is 41.2 Å². The number of likely N-dealkylation sites (tertiary alicyclic amines) is 1. The zero-order valence-corrected chi connectivity index (χ0v) is 17.0. The van der Waals surface area contributed by atoms with E-state index in [2.05, 4.69) is 10.1 Å². The van der Waals surface area contributed by atoms with Crippen LogP contribution in [0.3, 0.4) is 0 Å². The lowest BCUT2D eigenvalue weighted by Gasteiger charge is -2.22. The van der Waals surface area contributed by atoms with Crippen molar-refractivity contribution in [3.63, 3.8) is 0 Å². The van der Waals surface area contributed by atoms with E-state index >= 15 is 0 Å². The summed E-state index contributed by atoms with van der Waals surface area (Å²) in [6.07, 6.45) is 4.17. The second-order valence-electron chi connectivity index (χ2n) is 7.92. The summed E-state index contributed by atoms with van der Waals surface area (Å²) in [7, 11) is -3.31. The molecule has 0 radical (unpaired) electrons. The van der Waals surface area contributed by atoms with Gasteiger partial charge in [0.25, 0.3) is 0 Å². The number of amides is 1. The number of rotatable bonds is 6. The molecule has 1 saturated heterocycles. The van der Waals surface area contributed by atoms with Crippen LogP contribution < -0.4 is 0 Å². The molecule has 1 saturated carbocycles. The van der Waals surface area contributed by atoms with Crippen molar-refractivity contribution in [2.45, 2.75) is 68.1 Å².